The number of ether oxygens (including phenoxy) is 1. The van der Waals surface area contributed by atoms with Crippen molar-refractivity contribution in [1.82, 2.24) is 14.8 Å². The van der Waals surface area contributed by atoms with Crippen molar-refractivity contribution >= 4 is 51.8 Å². The molecule has 9 nitrogen and oxygen atoms in total. The Balaban J connectivity index is 1.28. The van der Waals surface area contributed by atoms with Crippen LogP contribution in [0.15, 0.2) is 78.0 Å². The molecular weight excluding hydrogens is 593 g/mol. The highest BCUT2D eigenvalue weighted by atomic mass is 35.5. The molecule has 0 spiro atoms. The van der Waals surface area contributed by atoms with E-state index >= 15 is 0 Å². The first-order valence-corrected chi connectivity index (χ1v) is 13.9. The second-order valence-corrected chi connectivity index (χ2v) is 10.7. The maximum absolute atomic E-state index is 12.8. The zero-order valence-electron chi connectivity index (χ0n) is 22.1. The van der Waals surface area contributed by atoms with Crippen LogP contribution in [0.5, 0.6) is 5.75 Å². The van der Waals surface area contributed by atoms with Crippen LogP contribution < -0.4 is 15.0 Å². The molecule has 0 aliphatic carbocycles. The molecule has 14 heteroatoms. The second-order valence-electron chi connectivity index (χ2n) is 9.31. The standard InChI is InChI=1S/C28H22ClF3N6O3S/c1-16(2)21-4-3-5-22(29)24(21)38-23(39)14-42-27(38)35-26(40)34-18-8-6-17(7-9-18)25-33-15-37(36-25)19-10-12-20(13-11-19)41-28(30,31)32/h3-13,15-16H,14H2,1-2H3,(H,34,40). The number of aliphatic imine (C=N–C) groups is 1. The summed E-state index contributed by atoms with van der Waals surface area (Å²) in [4.78, 5) is 35.3. The summed E-state index contributed by atoms with van der Waals surface area (Å²) in [5.41, 5.74) is 2.97. The van der Waals surface area contributed by atoms with E-state index in [-0.39, 0.29) is 28.5 Å². The number of aromatic nitrogens is 3. The van der Waals surface area contributed by atoms with Crippen LogP contribution in [0.2, 0.25) is 5.02 Å². The Morgan fingerprint density at radius 2 is 1.81 bits per heavy atom. The van der Waals surface area contributed by atoms with E-state index < -0.39 is 12.4 Å². The van der Waals surface area contributed by atoms with Gasteiger partial charge in [-0.15, -0.1) is 18.3 Å². The number of nitrogens with zero attached hydrogens (tertiary/aromatic N) is 5. The van der Waals surface area contributed by atoms with Gasteiger partial charge >= 0.3 is 12.4 Å². The number of amides is 3. The molecule has 3 aromatic carbocycles. The number of hydrogen-bond acceptors (Lipinski definition) is 6. The lowest BCUT2D eigenvalue weighted by Crippen LogP contribution is -2.31. The van der Waals surface area contributed by atoms with Gasteiger partial charge in [0.2, 0.25) is 5.91 Å². The van der Waals surface area contributed by atoms with E-state index in [2.05, 4.69) is 25.1 Å². The van der Waals surface area contributed by atoms with Gasteiger partial charge in [-0.3, -0.25) is 9.69 Å². The third-order valence-electron chi connectivity index (χ3n) is 6.05. The topological polar surface area (TPSA) is 102 Å². The van der Waals surface area contributed by atoms with Gasteiger partial charge in [0.15, 0.2) is 11.0 Å². The lowest BCUT2D eigenvalue weighted by Gasteiger charge is -2.22. The SMILES string of the molecule is CC(C)c1cccc(Cl)c1N1C(=O)CSC1=NC(=O)Nc1ccc(-c2ncn(-c3ccc(OC(F)(F)F)cc3)n2)cc1. The summed E-state index contributed by atoms with van der Waals surface area (Å²) in [6, 6.07) is 16.6. The van der Waals surface area contributed by atoms with Crippen molar-refractivity contribution in [3.8, 4) is 22.8 Å². The molecule has 1 aromatic heterocycles. The number of carbonyl (C=O) groups is 2. The van der Waals surface area contributed by atoms with Crippen LogP contribution in [-0.4, -0.2) is 44.0 Å². The van der Waals surface area contributed by atoms with Crippen molar-refractivity contribution < 1.29 is 27.5 Å². The first-order valence-electron chi connectivity index (χ1n) is 12.5. The highest BCUT2D eigenvalue weighted by molar-refractivity contribution is 8.15. The van der Waals surface area contributed by atoms with Crippen LogP contribution in [0.3, 0.4) is 0 Å². The maximum atomic E-state index is 12.8. The summed E-state index contributed by atoms with van der Waals surface area (Å²) in [5, 5.41) is 7.68. The number of anilines is 2. The van der Waals surface area contributed by atoms with E-state index in [0.29, 0.717) is 33.5 Å². The molecule has 0 bridgehead atoms. The van der Waals surface area contributed by atoms with Crippen LogP contribution in [0.4, 0.5) is 29.3 Å². The molecule has 4 aromatic rings. The molecule has 1 saturated heterocycles. The molecule has 3 amide bonds. The van der Waals surface area contributed by atoms with E-state index in [1.54, 1.807) is 30.3 Å². The van der Waals surface area contributed by atoms with Crippen molar-refractivity contribution in [1.29, 1.82) is 0 Å². The Kier molecular flexibility index (Phi) is 8.23. The Bertz CT molecular complexity index is 1660. The van der Waals surface area contributed by atoms with Gasteiger partial charge in [0.25, 0.3) is 0 Å². The molecule has 0 atom stereocenters. The minimum Gasteiger partial charge on any atom is -0.406 e. The molecule has 1 N–H and O–H groups in total. The molecule has 0 unspecified atom stereocenters. The van der Waals surface area contributed by atoms with E-state index in [0.717, 1.165) is 17.3 Å². The summed E-state index contributed by atoms with van der Waals surface area (Å²) in [6.45, 7) is 3.98. The Morgan fingerprint density at radius 3 is 2.48 bits per heavy atom. The zero-order chi connectivity index (χ0) is 30.0. The smallest absolute Gasteiger partial charge is 0.406 e. The fraction of sp³-hybridized carbons (Fsp3) is 0.179. The second kappa shape index (κ2) is 11.9. The number of halogens is 4. The highest BCUT2D eigenvalue weighted by Crippen LogP contribution is 2.38. The van der Waals surface area contributed by atoms with Crippen LogP contribution >= 0.6 is 23.4 Å². The van der Waals surface area contributed by atoms with Crippen molar-refractivity contribution in [2.45, 2.75) is 26.1 Å². The summed E-state index contributed by atoms with van der Waals surface area (Å²) in [7, 11) is 0. The predicted octanol–water partition coefficient (Wildman–Crippen LogP) is 7.28. The normalized spacial score (nSPS) is 14.6. The molecular formula is C28H22ClF3N6O3S. The monoisotopic (exact) mass is 614 g/mol. The molecule has 1 fully saturated rings. The van der Waals surface area contributed by atoms with E-state index in [4.69, 9.17) is 11.6 Å². The largest absolute Gasteiger partial charge is 0.573 e. The highest BCUT2D eigenvalue weighted by Gasteiger charge is 2.34. The average molecular weight is 615 g/mol. The van der Waals surface area contributed by atoms with Gasteiger partial charge in [-0.2, -0.15) is 4.99 Å². The summed E-state index contributed by atoms with van der Waals surface area (Å²) in [5.74, 6) is 0.0213. The predicted molar refractivity (Wildman–Crippen MR) is 155 cm³/mol. The minimum absolute atomic E-state index is 0.0880. The lowest BCUT2D eigenvalue weighted by molar-refractivity contribution is -0.274. The van der Waals surface area contributed by atoms with Crippen molar-refractivity contribution in [3.05, 3.63) is 83.6 Å². The third kappa shape index (κ3) is 6.58. The molecule has 0 saturated carbocycles. The molecule has 42 heavy (non-hydrogen) atoms. The molecule has 2 heterocycles. The number of nitrogens with one attached hydrogen (secondary N) is 1. The van der Waals surface area contributed by atoms with Crippen LogP contribution in [0, 0.1) is 0 Å². The summed E-state index contributed by atoms with van der Waals surface area (Å²) in [6.07, 6.45) is -3.35. The number of hydrogen-bond donors (Lipinski definition) is 1. The van der Waals surface area contributed by atoms with Crippen molar-refractivity contribution in [2.24, 2.45) is 4.99 Å². The molecule has 5 rings (SSSR count). The number of rotatable bonds is 6. The van der Waals surface area contributed by atoms with Crippen LogP contribution in [-0.2, 0) is 4.79 Å². The quantitative estimate of drug-likeness (QED) is 0.245. The van der Waals surface area contributed by atoms with Gasteiger partial charge in [0.05, 0.1) is 22.2 Å². The zero-order valence-corrected chi connectivity index (χ0v) is 23.7. The van der Waals surface area contributed by atoms with Crippen LogP contribution in [0.25, 0.3) is 17.1 Å². The Morgan fingerprint density at radius 1 is 1.10 bits per heavy atom. The number of thioether (sulfide) groups is 1. The van der Waals surface area contributed by atoms with Crippen LogP contribution in [0.1, 0.15) is 25.3 Å². The number of alkyl halides is 3. The summed E-state index contributed by atoms with van der Waals surface area (Å²) >= 11 is 7.62. The molecule has 1 aliphatic heterocycles. The van der Waals surface area contributed by atoms with Gasteiger partial charge in [0.1, 0.15) is 12.1 Å². The van der Waals surface area contributed by atoms with Crippen molar-refractivity contribution in [3.63, 3.8) is 0 Å². The Labute approximate surface area is 247 Å². The number of carbonyl (C=O) groups excluding carboxylic acids is 2. The Hall–Kier alpha value is -4.36. The van der Waals surface area contributed by atoms with Gasteiger partial charge < -0.3 is 10.1 Å². The third-order valence-corrected chi connectivity index (χ3v) is 7.28. The number of urea groups is 1. The van der Waals surface area contributed by atoms with E-state index in [1.165, 1.54) is 40.2 Å². The minimum atomic E-state index is -4.77. The number of benzene rings is 3. The first-order chi connectivity index (χ1) is 20.0. The maximum Gasteiger partial charge on any atom is 0.573 e. The average Bonchev–Trinajstić information content (AvgIpc) is 3.56. The summed E-state index contributed by atoms with van der Waals surface area (Å²) < 4.78 is 42.5. The first kappa shape index (κ1) is 29.1. The van der Waals surface area contributed by atoms with Gasteiger partial charge in [-0.1, -0.05) is 49.3 Å². The lowest BCUT2D eigenvalue weighted by atomic mass is 10.0. The van der Waals surface area contributed by atoms with E-state index in [1.807, 2.05) is 26.0 Å². The fourth-order valence-electron chi connectivity index (χ4n) is 4.16. The fourth-order valence-corrected chi connectivity index (χ4v) is 5.28. The van der Waals surface area contributed by atoms with Crippen molar-refractivity contribution in [2.75, 3.05) is 16.0 Å². The number of para-hydroxylation sites is 1. The van der Waals surface area contributed by atoms with Gasteiger partial charge in [0, 0.05) is 11.3 Å². The number of amidine groups is 1. The van der Waals surface area contributed by atoms with E-state index in [9.17, 15) is 22.8 Å². The molecule has 1 aliphatic rings. The molecule has 0 radical (unpaired) electrons. The van der Waals surface area contributed by atoms with Gasteiger partial charge in [-0.05, 0) is 66.1 Å². The van der Waals surface area contributed by atoms with Gasteiger partial charge in [-0.25, -0.2) is 14.5 Å². The molecule has 216 valence electrons.